The fourth-order valence-electron chi connectivity index (χ4n) is 2.03. The lowest BCUT2D eigenvalue weighted by Gasteiger charge is -2.38. The molecule has 0 heterocycles. The van der Waals surface area contributed by atoms with Crippen LogP contribution in [0.15, 0.2) is 18.2 Å². The standard InChI is InChI=1S/C14H22N2O5/c1-9-6-5-7-10(2)12(9)15-11(17)8-16(13(3,18)19)14(4,20)21/h5-7,18-21H,8H2,1-4H3,(H,15,17). The van der Waals surface area contributed by atoms with Gasteiger partial charge in [-0.2, -0.15) is 4.90 Å². The molecule has 0 aliphatic carbocycles. The van der Waals surface area contributed by atoms with Crippen LogP contribution in [0.5, 0.6) is 0 Å². The van der Waals surface area contributed by atoms with Gasteiger partial charge >= 0.3 is 0 Å². The van der Waals surface area contributed by atoms with Crippen molar-refractivity contribution in [3.63, 3.8) is 0 Å². The third-order valence-electron chi connectivity index (χ3n) is 3.07. The Labute approximate surface area is 123 Å². The van der Waals surface area contributed by atoms with Gasteiger partial charge in [0.2, 0.25) is 17.7 Å². The molecule has 0 bridgehead atoms. The van der Waals surface area contributed by atoms with Crippen molar-refractivity contribution < 1.29 is 25.2 Å². The number of aryl methyl sites for hydroxylation is 2. The minimum Gasteiger partial charge on any atom is -0.353 e. The molecule has 0 unspecified atom stereocenters. The first kappa shape index (κ1) is 17.5. The number of carbonyl (C=O) groups is 1. The number of nitrogens with one attached hydrogen (secondary N) is 1. The van der Waals surface area contributed by atoms with Crippen molar-refractivity contribution in [3.05, 3.63) is 29.3 Å². The maximum Gasteiger partial charge on any atom is 0.238 e. The van der Waals surface area contributed by atoms with Crippen LogP contribution in [0.3, 0.4) is 0 Å². The summed E-state index contributed by atoms with van der Waals surface area (Å²) >= 11 is 0. The van der Waals surface area contributed by atoms with Gasteiger partial charge < -0.3 is 25.7 Å². The van der Waals surface area contributed by atoms with Crippen molar-refractivity contribution in [2.45, 2.75) is 39.5 Å². The lowest BCUT2D eigenvalue weighted by atomic mass is 10.1. The van der Waals surface area contributed by atoms with Gasteiger partial charge in [-0.3, -0.25) is 4.79 Å². The number of aliphatic hydroxyl groups is 4. The molecule has 5 N–H and O–H groups in total. The summed E-state index contributed by atoms with van der Waals surface area (Å²) in [5.41, 5.74) is 2.31. The van der Waals surface area contributed by atoms with E-state index in [2.05, 4.69) is 5.32 Å². The van der Waals surface area contributed by atoms with E-state index in [4.69, 9.17) is 0 Å². The van der Waals surface area contributed by atoms with E-state index in [0.29, 0.717) is 10.6 Å². The van der Waals surface area contributed by atoms with E-state index in [1.165, 1.54) is 0 Å². The summed E-state index contributed by atoms with van der Waals surface area (Å²) in [6, 6.07) is 5.50. The minimum atomic E-state index is -2.56. The Morgan fingerprint density at radius 2 is 1.52 bits per heavy atom. The number of anilines is 1. The summed E-state index contributed by atoms with van der Waals surface area (Å²) in [7, 11) is 0. The summed E-state index contributed by atoms with van der Waals surface area (Å²) in [6.07, 6.45) is 0. The molecule has 7 nitrogen and oxygen atoms in total. The van der Waals surface area contributed by atoms with Gasteiger partial charge in [0, 0.05) is 19.5 Å². The molecule has 21 heavy (non-hydrogen) atoms. The van der Waals surface area contributed by atoms with Gasteiger partial charge in [0.15, 0.2) is 0 Å². The zero-order valence-electron chi connectivity index (χ0n) is 12.6. The Balaban J connectivity index is 2.90. The monoisotopic (exact) mass is 298 g/mol. The van der Waals surface area contributed by atoms with E-state index >= 15 is 0 Å². The van der Waals surface area contributed by atoms with Gasteiger partial charge in [0.25, 0.3) is 0 Å². The lowest BCUT2D eigenvalue weighted by Crippen LogP contribution is -2.60. The van der Waals surface area contributed by atoms with E-state index in [1.807, 2.05) is 32.0 Å². The highest BCUT2D eigenvalue weighted by molar-refractivity contribution is 5.93. The predicted molar refractivity (Wildman–Crippen MR) is 76.9 cm³/mol. The molecule has 1 rings (SSSR count). The van der Waals surface area contributed by atoms with Gasteiger partial charge in [-0.05, 0) is 25.0 Å². The third kappa shape index (κ3) is 4.76. The first-order valence-electron chi connectivity index (χ1n) is 6.46. The molecule has 1 aromatic carbocycles. The highest BCUT2D eigenvalue weighted by atomic mass is 16.6. The molecular weight excluding hydrogens is 276 g/mol. The maximum atomic E-state index is 12.0. The summed E-state index contributed by atoms with van der Waals surface area (Å²) in [4.78, 5) is 12.5. The molecular formula is C14H22N2O5. The number of para-hydroxylation sites is 1. The van der Waals surface area contributed by atoms with Crippen molar-refractivity contribution in [2.24, 2.45) is 0 Å². The molecule has 0 aliphatic heterocycles. The van der Waals surface area contributed by atoms with Crippen molar-refractivity contribution in [1.82, 2.24) is 4.90 Å². The summed E-state index contributed by atoms with van der Waals surface area (Å²) in [6.45, 7) is 4.91. The molecule has 0 spiro atoms. The van der Waals surface area contributed by atoms with Crippen molar-refractivity contribution in [3.8, 4) is 0 Å². The minimum absolute atomic E-state index is 0.447. The highest BCUT2D eigenvalue weighted by Gasteiger charge is 2.40. The average Bonchev–Trinajstić information content (AvgIpc) is 2.28. The van der Waals surface area contributed by atoms with Crippen LogP contribution in [-0.2, 0) is 4.79 Å². The van der Waals surface area contributed by atoms with Gasteiger partial charge in [-0.15, -0.1) is 0 Å². The van der Waals surface area contributed by atoms with Crippen molar-refractivity contribution >= 4 is 11.6 Å². The molecule has 0 atom stereocenters. The van der Waals surface area contributed by atoms with E-state index in [1.54, 1.807) is 0 Å². The van der Waals surface area contributed by atoms with Crippen LogP contribution in [0.4, 0.5) is 5.69 Å². The van der Waals surface area contributed by atoms with Gasteiger partial charge in [0.05, 0.1) is 6.54 Å². The first-order valence-corrected chi connectivity index (χ1v) is 6.46. The lowest BCUT2D eigenvalue weighted by molar-refractivity contribution is -0.367. The molecule has 0 radical (unpaired) electrons. The van der Waals surface area contributed by atoms with Crippen LogP contribution in [0.2, 0.25) is 0 Å². The SMILES string of the molecule is Cc1cccc(C)c1NC(=O)CN(C(C)(O)O)C(C)(O)O. The Hall–Kier alpha value is -1.51. The van der Waals surface area contributed by atoms with Crippen LogP contribution in [0, 0.1) is 13.8 Å². The van der Waals surface area contributed by atoms with E-state index in [9.17, 15) is 25.2 Å². The molecule has 7 heteroatoms. The highest BCUT2D eigenvalue weighted by Crippen LogP contribution is 2.21. The summed E-state index contributed by atoms with van der Waals surface area (Å²) in [5, 5.41) is 40.7. The van der Waals surface area contributed by atoms with Crippen molar-refractivity contribution in [1.29, 1.82) is 0 Å². The molecule has 0 fully saturated rings. The number of rotatable bonds is 5. The number of nitrogens with zero attached hydrogens (tertiary/aromatic N) is 1. The van der Waals surface area contributed by atoms with Gasteiger partial charge in [-0.1, -0.05) is 18.2 Å². The smallest absolute Gasteiger partial charge is 0.238 e. The van der Waals surface area contributed by atoms with Crippen LogP contribution in [0.1, 0.15) is 25.0 Å². The number of carbonyl (C=O) groups excluding carboxylic acids is 1. The van der Waals surface area contributed by atoms with Gasteiger partial charge in [0.1, 0.15) is 0 Å². The third-order valence-corrected chi connectivity index (χ3v) is 3.07. The topological polar surface area (TPSA) is 113 Å². The maximum absolute atomic E-state index is 12.0. The number of hydrogen-bond donors (Lipinski definition) is 5. The molecule has 1 aromatic rings. The molecule has 0 saturated heterocycles. The zero-order chi connectivity index (χ0) is 16.4. The number of amides is 1. The molecule has 1 amide bonds. The summed E-state index contributed by atoms with van der Waals surface area (Å²) < 4.78 is 0. The summed E-state index contributed by atoms with van der Waals surface area (Å²) in [5.74, 6) is -5.72. The number of benzene rings is 1. The van der Waals surface area contributed by atoms with E-state index in [0.717, 1.165) is 25.0 Å². The predicted octanol–water partition coefficient (Wildman–Crippen LogP) is -0.139. The zero-order valence-corrected chi connectivity index (χ0v) is 12.6. The normalized spacial score (nSPS) is 12.6. The van der Waals surface area contributed by atoms with E-state index < -0.39 is 24.3 Å². The largest absolute Gasteiger partial charge is 0.353 e. The average molecular weight is 298 g/mol. The van der Waals surface area contributed by atoms with Crippen molar-refractivity contribution in [2.75, 3.05) is 11.9 Å². The molecule has 0 aromatic heterocycles. The van der Waals surface area contributed by atoms with Crippen LogP contribution < -0.4 is 5.32 Å². The fraction of sp³-hybridized carbons (Fsp3) is 0.500. The first-order chi connectivity index (χ1) is 9.43. The second-order valence-corrected chi connectivity index (χ2v) is 5.34. The second-order valence-electron chi connectivity index (χ2n) is 5.34. The fourth-order valence-corrected chi connectivity index (χ4v) is 2.03. The Morgan fingerprint density at radius 3 is 1.90 bits per heavy atom. The van der Waals surface area contributed by atoms with E-state index in [-0.39, 0.29) is 0 Å². The molecule has 118 valence electrons. The number of hydrogen-bond acceptors (Lipinski definition) is 6. The van der Waals surface area contributed by atoms with Gasteiger partial charge in [-0.25, -0.2) is 0 Å². The second kappa shape index (κ2) is 6.08. The van der Waals surface area contributed by atoms with Crippen LogP contribution in [-0.4, -0.2) is 49.6 Å². The van der Waals surface area contributed by atoms with Crippen LogP contribution >= 0.6 is 0 Å². The Kier molecular flexibility index (Phi) is 5.08. The molecule has 0 saturated carbocycles. The van der Waals surface area contributed by atoms with Crippen LogP contribution in [0.25, 0.3) is 0 Å². The Morgan fingerprint density at radius 1 is 1.10 bits per heavy atom. The Bertz CT molecular complexity index is 483. The molecule has 0 aliphatic rings. The quantitative estimate of drug-likeness (QED) is 0.484.